The van der Waals surface area contributed by atoms with E-state index in [0.29, 0.717) is 0 Å². The third kappa shape index (κ3) is 3.62. The Morgan fingerprint density at radius 2 is 0.800 bits per heavy atom. The van der Waals surface area contributed by atoms with Crippen LogP contribution in [0, 0.1) is 0 Å². The van der Waals surface area contributed by atoms with Crippen LogP contribution in [0.3, 0.4) is 0 Å². The Kier molecular flexibility index (Phi) is 4.95. The molecule has 0 aromatic heterocycles. The molecule has 106 valence electrons. The van der Waals surface area contributed by atoms with Gasteiger partial charge in [-0.25, -0.2) is 0 Å². The first-order chi connectivity index (χ1) is 9.21. The Hall–Kier alpha value is 0.0374. The summed E-state index contributed by atoms with van der Waals surface area (Å²) in [5.74, 6) is 0. The summed E-state index contributed by atoms with van der Waals surface area (Å²) in [5.41, 5.74) is 3.02. The van der Waals surface area contributed by atoms with E-state index in [1.807, 2.05) is 0 Å². The second-order valence-corrected chi connectivity index (χ2v) is 36.4. The summed E-state index contributed by atoms with van der Waals surface area (Å²) in [6.07, 6.45) is 0. The van der Waals surface area contributed by atoms with Gasteiger partial charge in [0, 0.05) is 0 Å². The van der Waals surface area contributed by atoms with Gasteiger partial charge in [-0.3, -0.25) is 0 Å². The molecule has 2 rings (SSSR count). The molecule has 20 heavy (non-hydrogen) atoms. The van der Waals surface area contributed by atoms with Gasteiger partial charge in [0.2, 0.25) is 0 Å². The van der Waals surface area contributed by atoms with Crippen LogP contribution < -0.4 is 7.16 Å². The third-order valence-corrected chi connectivity index (χ3v) is 15.5. The SMILES string of the molecule is [CH3][Sn]([CH3])([CH3])[c]1ccccc1-c1cccc[c]1[Sn]([CH3])([CH3])[CH3]. The summed E-state index contributed by atoms with van der Waals surface area (Å²) >= 11 is -4.17. The van der Waals surface area contributed by atoms with Gasteiger partial charge in [0.1, 0.15) is 0 Å². The summed E-state index contributed by atoms with van der Waals surface area (Å²) in [4.78, 5) is 15.1. The summed E-state index contributed by atoms with van der Waals surface area (Å²) in [7, 11) is 0. The van der Waals surface area contributed by atoms with E-state index < -0.39 is 36.8 Å². The van der Waals surface area contributed by atoms with E-state index in [-0.39, 0.29) is 0 Å². The van der Waals surface area contributed by atoms with E-state index in [9.17, 15) is 0 Å². The van der Waals surface area contributed by atoms with Crippen molar-refractivity contribution in [2.24, 2.45) is 0 Å². The van der Waals surface area contributed by atoms with Gasteiger partial charge < -0.3 is 0 Å². The topological polar surface area (TPSA) is 0 Å². The van der Waals surface area contributed by atoms with E-state index in [0.717, 1.165) is 0 Å². The fourth-order valence-electron chi connectivity index (χ4n) is 2.74. The normalized spacial score (nSPS) is 12.5. The van der Waals surface area contributed by atoms with Crippen LogP contribution in [0.25, 0.3) is 11.1 Å². The number of rotatable bonds is 3. The molecule has 0 heterocycles. The summed E-state index contributed by atoms with van der Waals surface area (Å²) in [6.45, 7) is 0. The van der Waals surface area contributed by atoms with E-state index in [2.05, 4.69) is 78.2 Å². The van der Waals surface area contributed by atoms with Gasteiger partial charge in [0.05, 0.1) is 0 Å². The molecule has 2 heteroatoms. The number of hydrogen-bond acceptors (Lipinski definition) is 0. The van der Waals surface area contributed by atoms with Crippen molar-refractivity contribution in [3.8, 4) is 11.1 Å². The van der Waals surface area contributed by atoms with Crippen LogP contribution in [-0.4, -0.2) is 36.8 Å². The molecular formula is C18H26Sn2. The molecule has 0 radical (unpaired) electrons. The molecule has 2 aromatic rings. The predicted octanol–water partition coefficient (Wildman–Crippen LogP) is 4.44. The van der Waals surface area contributed by atoms with E-state index in [1.54, 1.807) is 7.16 Å². The van der Waals surface area contributed by atoms with E-state index in [1.165, 1.54) is 11.1 Å². The van der Waals surface area contributed by atoms with Gasteiger partial charge in [0.15, 0.2) is 0 Å². The summed E-state index contributed by atoms with van der Waals surface area (Å²) in [6, 6.07) is 18.3. The van der Waals surface area contributed by atoms with Gasteiger partial charge in [-0.1, -0.05) is 0 Å². The molecule has 0 fully saturated rings. The number of hydrogen-bond donors (Lipinski definition) is 0. The molecule has 0 saturated heterocycles. The standard InChI is InChI=1S/C12H8.6CH3.2Sn/c1-3-7-11(8-4-1)12-9-5-2-6-10-12;;;;;;;;/h1-7,9H;6*1H3;;. The van der Waals surface area contributed by atoms with Crippen molar-refractivity contribution < 1.29 is 0 Å². The van der Waals surface area contributed by atoms with Crippen LogP contribution in [0.5, 0.6) is 0 Å². The predicted molar refractivity (Wildman–Crippen MR) is 97.8 cm³/mol. The number of benzene rings is 2. The molecule has 0 aliphatic rings. The van der Waals surface area contributed by atoms with Crippen LogP contribution >= 0.6 is 0 Å². The van der Waals surface area contributed by atoms with Crippen LogP contribution in [0.2, 0.25) is 29.6 Å². The zero-order valence-corrected chi connectivity index (χ0v) is 19.3. The fourth-order valence-corrected chi connectivity index (χ4v) is 12.0. The third-order valence-electron chi connectivity index (χ3n) is 3.76. The van der Waals surface area contributed by atoms with Crippen LogP contribution in [0.1, 0.15) is 0 Å². The first-order valence-corrected chi connectivity index (χ1v) is 27.4. The molecule has 0 N–H and O–H groups in total. The first kappa shape index (κ1) is 16.4. The Morgan fingerprint density at radius 3 is 1.10 bits per heavy atom. The van der Waals surface area contributed by atoms with Crippen LogP contribution in [-0.2, 0) is 0 Å². The van der Waals surface area contributed by atoms with Gasteiger partial charge in [-0.05, 0) is 0 Å². The van der Waals surface area contributed by atoms with Crippen molar-refractivity contribution in [1.82, 2.24) is 0 Å². The van der Waals surface area contributed by atoms with Crippen LogP contribution in [0.15, 0.2) is 48.5 Å². The molecule has 2 aromatic carbocycles. The average molecular weight is 480 g/mol. The molecule has 0 spiro atoms. The average Bonchev–Trinajstić information content (AvgIpc) is 2.37. The Bertz CT molecular complexity index is 546. The first-order valence-electron chi connectivity index (χ1n) is 7.40. The van der Waals surface area contributed by atoms with Crippen molar-refractivity contribution in [2.75, 3.05) is 0 Å². The molecule has 0 saturated carbocycles. The quantitative estimate of drug-likeness (QED) is 0.571. The minimum atomic E-state index is -2.09. The molecule has 0 bridgehead atoms. The molecule has 0 unspecified atom stereocenters. The van der Waals surface area contributed by atoms with Crippen LogP contribution in [0.4, 0.5) is 0 Å². The molecular weight excluding hydrogens is 454 g/mol. The maximum atomic E-state index is 2.51. The zero-order chi connectivity index (χ0) is 15.0. The second-order valence-electron chi connectivity index (χ2n) is 7.59. The molecule has 0 amide bonds. The van der Waals surface area contributed by atoms with E-state index in [4.69, 9.17) is 0 Å². The monoisotopic (exact) mass is 482 g/mol. The summed E-state index contributed by atoms with van der Waals surface area (Å²) < 4.78 is 3.31. The Morgan fingerprint density at radius 1 is 0.500 bits per heavy atom. The van der Waals surface area contributed by atoms with Gasteiger partial charge in [-0.2, -0.15) is 0 Å². The van der Waals surface area contributed by atoms with E-state index >= 15 is 0 Å². The second kappa shape index (κ2) is 6.03. The van der Waals surface area contributed by atoms with Gasteiger partial charge in [0.25, 0.3) is 0 Å². The maximum absolute atomic E-state index is 2.51. The van der Waals surface area contributed by atoms with Crippen molar-refractivity contribution in [1.29, 1.82) is 0 Å². The molecule has 0 atom stereocenters. The van der Waals surface area contributed by atoms with Crippen molar-refractivity contribution >= 4 is 43.9 Å². The molecule has 0 aliphatic carbocycles. The fraction of sp³-hybridized carbons (Fsp3) is 0.333. The van der Waals surface area contributed by atoms with Gasteiger partial charge in [-0.15, -0.1) is 0 Å². The molecule has 0 nitrogen and oxygen atoms in total. The van der Waals surface area contributed by atoms with Crippen molar-refractivity contribution in [2.45, 2.75) is 29.6 Å². The minimum absolute atomic E-state index is 1.51. The zero-order valence-electron chi connectivity index (χ0n) is 13.6. The van der Waals surface area contributed by atoms with Gasteiger partial charge >= 0.3 is 133 Å². The van der Waals surface area contributed by atoms with Crippen molar-refractivity contribution in [3.05, 3.63) is 48.5 Å². The Labute approximate surface area is 132 Å². The summed E-state index contributed by atoms with van der Waals surface area (Å²) in [5, 5.41) is 0. The Balaban J connectivity index is 2.71. The molecule has 0 aliphatic heterocycles. The van der Waals surface area contributed by atoms with Crippen molar-refractivity contribution in [3.63, 3.8) is 0 Å².